The second-order valence-corrected chi connectivity index (χ2v) is 6.73. The Morgan fingerprint density at radius 3 is 2.27 bits per heavy atom. The lowest BCUT2D eigenvalue weighted by atomic mass is 10.1. The second kappa shape index (κ2) is 8.82. The van der Waals surface area contributed by atoms with Crippen LogP contribution < -0.4 is 10.6 Å². The molecule has 0 aromatic heterocycles. The van der Waals surface area contributed by atoms with Crippen LogP contribution in [0.25, 0.3) is 0 Å². The summed E-state index contributed by atoms with van der Waals surface area (Å²) >= 11 is 0. The summed E-state index contributed by atoms with van der Waals surface area (Å²) in [5.74, 6) is -0.761. The molecule has 0 atom stereocenters. The van der Waals surface area contributed by atoms with E-state index in [0.717, 1.165) is 17.7 Å². The first-order valence-electron chi connectivity index (χ1n) is 9.15. The van der Waals surface area contributed by atoms with Crippen LogP contribution in [0, 0.1) is 6.92 Å². The average Bonchev–Trinajstić information content (AvgIpc) is 2.73. The predicted octanol–water partition coefficient (Wildman–Crippen LogP) is 5.20. The highest BCUT2D eigenvalue weighted by Gasteiger charge is 2.30. The fraction of sp³-hybridized carbons (Fsp3) is 0.130. The van der Waals surface area contributed by atoms with Gasteiger partial charge in [-0.3, -0.25) is 9.59 Å². The van der Waals surface area contributed by atoms with Gasteiger partial charge in [0, 0.05) is 23.4 Å². The van der Waals surface area contributed by atoms with Gasteiger partial charge in [0.1, 0.15) is 0 Å². The van der Waals surface area contributed by atoms with Gasteiger partial charge < -0.3 is 10.6 Å². The Morgan fingerprint density at radius 1 is 0.833 bits per heavy atom. The molecule has 3 aromatic rings. The fourth-order valence-electron chi connectivity index (χ4n) is 2.82. The summed E-state index contributed by atoms with van der Waals surface area (Å²) in [6.07, 6.45) is -4.44. The zero-order valence-electron chi connectivity index (χ0n) is 16.1. The van der Waals surface area contributed by atoms with Gasteiger partial charge in [0.25, 0.3) is 11.8 Å². The molecule has 0 radical (unpaired) electrons. The van der Waals surface area contributed by atoms with E-state index in [4.69, 9.17) is 0 Å². The van der Waals surface area contributed by atoms with E-state index in [1.54, 1.807) is 49.4 Å². The van der Waals surface area contributed by atoms with Crippen molar-refractivity contribution in [2.24, 2.45) is 0 Å². The number of anilines is 1. The molecule has 3 aromatic carbocycles. The van der Waals surface area contributed by atoms with E-state index >= 15 is 0 Å². The highest BCUT2D eigenvalue weighted by Crippen LogP contribution is 2.29. The molecule has 0 spiro atoms. The van der Waals surface area contributed by atoms with E-state index in [0.29, 0.717) is 16.8 Å². The van der Waals surface area contributed by atoms with Crippen LogP contribution in [0.15, 0.2) is 72.8 Å². The lowest BCUT2D eigenvalue weighted by molar-refractivity contribution is -0.137. The molecule has 2 amide bonds. The Bertz CT molecular complexity index is 1060. The molecule has 7 heteroatoms. The average molecular weight is 412 g/mol. The number of aryl methyl sites for hydroxylation is 1. The zero-order chi connectivity index (χ0) is 21.7. The van der Waals surface area contributed by atoms with Gasteiger partial charge in [-0.1, -0.05) is 36.4 Å². The van der Waals surface area contributed by atoms with Crippen molar-refractivity contribution in [2.45, 2.75) is 19.6 Å². The molecule has 3 rings (SSSR count). The minimum absolute atomic E-state index is 0.0532. The molecule has 0 aliphatic heterocycles. The fourth-order valence-corrected chi connectivity index (χ4v) is 2.82. The van der Waals surface area contributed by atoms with Crippen LogP contribution in [-0.2, 0) is 12.7 Å². The molecule has 0 saturated carbocycles. The van der Waals surface area contributed by atoms with Crippen molar-refractivity contribution in [1.82, 2.24) is 5.32 Å². The molecule has 30 heavy (non-hydrogen) atoms. The van der Waals surface area contributed by atoms with Gasteiger partial charge in [0.2, 0.25) is 0 Å². The summed E-state index contributed by atoms with van der Waals surface area (Å²) in [6, 6.07) is 18.3. The summed E-state index contributed by atoms with van der Waals surface area (Å²) in [7, 11) is 0. The lowest BCUT2D eigenvalue weighted by Crippen LogP contribution is -2.23. The van der Waals surface area contributed by atoms with Gasteiger partial charge >= 0.3 is 6.18 Å². The molecule has 154 valence electrons. The van der Waals surface area contributed by atoms with Gasteiger partial charge in [0.15, 0.2) is 0 Å². The number of hydrogen-bond donors (Lipinski definition) is 2. The van der Waals surface area contributed by atoms with Gasteiger partial charge in [0.05, 0.1) is 5.56 Å². The smallest absolute Gasteiger partial charge is 0.348 e. The maximum absolute atomic E-state index is 12.8. The van der Waals surface area contributed by atoms with Gasteiger partial charge in [-0.15, -0.1) is 0 Å². The van der Waals surface area contributed by atoms with E-state index in [1.807, 2.05) is 0 Å². The normalized spacial score (nSPS) is 11.1. The Balaban J connectivity index is 1.70. The third kappa shape index (κ3) is 5.26. The number of alkyl halides is 3. The molecule has 2 N–H and O–H groups in total. The van der Waals surface area contributed by atoms with Gasteiger partial charge in [-0.2, -0.15) is 13.2 Å². The Kier molecular flexibility index (Phi) is 6.20. The lowest BCUT2D eigenvalue weighted by Gasteiger charge is -2.12. The van der Waals surface area contributed by atoms with E-state index < -0.39 is 17.6 Å². The standard InChI is InChI=1S/C23H19F3N2O2/c1-15-10-11-18(13-20(15)28-22(30)17-7-3-2-4-8-17)21(29)27-14-16-6-5-9-19(12-16)23(24,25)26/h2-13H,14H2,1H3,(H,27,29)(H,28,30). The number of rotatable bonds is 5. The Hall–Kier alpha value is -3.61. The first kappa shape index (κ1) is 21.1. The van der Waals surface area contributed by atoms with Crippen molar-refractivity contribution in [3.05, 3.63) is 101 Å². The van der Waals surface area contributed by atoms with Crippen molar-refractivity contribution in [3.8, 4) is 0 Å². The number of carbonyl (C=O) groups is 2. The quantitative estimate of drug-likeness (QED) is 0.606. The number of amides is 2. The zero-order valence-corrected chi connectivity index (χ0v) is 16.1. The first-order chi connectivity index (χ1) is 14.2. The van der Waals surface area contributed by atoms with Crippen LogP contribution in [0.3, 0.4) is 0 Å². The number of benzene rings is 3. The third-order valence-electron chi connectivity index (χ3n) is 4.49. The summed E-state index contributed by atoms with van der Waals surface area (Å²) in [4.78, 5) is 24.8. The van der Waals surface area contributed by atoms with Crippen molar-refractivity contribution >= 4 is 17.5 Å². The van der Waals surface area contributed by atoms with Crippen LogP contribution in [0.1, 0.15) is 37.4 Å². The molecule has 0 heterocycles. The predicted molar refractivity (Wildman–Crippen MR) is 108 cm³/mol. The van der Waals surface area contributed by atoms with Crippen molar-refractivity contribution in [2.75, 3.05) is 5.32 Å². The van der Waals surface area contributed by atoms with E-state index in [2.05, 4.69) is 10.6 Å². The summed E-state index contributed by atoms with van der Waals surface area (Å²) in [6.45, 7) is 1.74. The number of nitrogens with one attached hydrogen (secondary N) is 2. The maximum Gasteiger partial charge on any atom is 0.416 e. The highest BCUT2D eigenvalue weighted by atomic mass is 19.4. The second-order valence-electron chi connectivity index (χ2n) is 6.73. The van der Waals surface area contributed by atoms with Crippen LogP contribution >= 0.6 is 0 Å². The van der Waals surface area contributed by atoms with Crippen LogP contribution in [0.5, 0.6) is 0 Å². The van der Waals surface area contributed by atoms with E-state index in [9.17, 15) is 22.8 Å². The molecular weight excluding hydrogens is 393 g/mol. The Morgan fingerprint density at radius 2 is 1.57 bits per heavy atom. The monoisotopic (exact) mass is 412 g/mol. The largest absolute Gasteiger partial charge is 0.416 e. The van der Waals surface area contributed by atoms with Crippen LogP contribution in [0.2, 0.25) is 0 Å². The van der Waals surface area contributed by atoms with Gasteiger partial charge in [-0.05, 0) is 54.4 Å². The molecule has 0 fully saturated rings. The number of carbonyl (C=O) groups excluding carboxylic acids is 2. The third-order valence-corrected chi connectivity index (χ3v) is 4.49. The summed E-state index contributed by atoms with van der Waals surface area (Å²) < 4.78 is 38.5. The first-order valence-corrected chi connectivity index (χ1v) is 9.15. The van der Waals surface area contributed by atoms with Crippen molar-refractivity contribution in [1.29, 1.82) is 0 Å². The summed E-state index contributed by atoms with van der Waals surface area (Å²) in [5, 5.41) is 5.38. The van der Waals surface area contributed by atoms with Crippen molar-refractivity contribution < 1.29 is 22.8 Å². The minimum Gasteiger partial charge on any atom is -0.348 e. The van der Waals surface area contributed by atoms with Gasteiger partial charge in [-0.25, -0.2) is 0 Å². The van der Waals surface area contributed by atoms with E-state index in [1.165, 1.54) is 18.2 Å². The summed E-state index contributed by atoms with van der Waals surface area (Å²) in [5.41, 5.74) is 1.59. The van der Waals surface area contributed by atoms with E-state index in [-0.39, 0.29) is 18.0 Å². The topological polar surface area (TPSA) is 58.2 Å². The SMILES string of the molecule is Cc1ccc(C(=O)NCc2cccc(C(F)(F)F)c2)cc1NC(=O)c1ccccc1. The molecule has 0 saturated heterocycles. The number of halogens is 3. The molecule has 0 bridgehead atoms. The molecule has 0 unspecified atom stereocenters. The molecule has 0 aliphatic carbocycles. The minimum atomic E-state index is -4.44. The maximum atomic E-state index is 12.8. The Labute approximate surface area is 171 Å². The van der Waals surface area contributed by atoms with Crippen molar-refractivity contribution in [3.63, 3.8) is 0 Å². The molecule has 0 aliphatic rings. The number of hydrogen-bond acceptors (Lipinski definition) is 2. The van der Waals surface area contributed by atoms with Crippen LogP contribution in [-0.4, -0.2) is 11.8 Å². The molecular formula is C23H19F3N2O2. The highest BCUT2D eigenvalue weighted by molar-refractivity contribution is 6.05. The van der Waals surface area contributed by atoms with Crippen LogP contribution in [0.4, 0.5) is 18.9 Å². The molecule has 4 nitrogen and oxygen atoms in total.